The van der Waals surface area contributed by atoms with Gasteiger partial charge in [-0.3, -0.25) is 0 Å². The van der Waals surface area contributed by atoms with E-state index < -0.39 is 37.3 Å². The Kier molecular flexibility index (Phi) is 3.17. The van der Waals surface area contributed by atoms with Gasteiger partial charge in [0.1, 0.15) is 17.2 Å². The van der Waals surface area contributed by atoms with Crippen molar-refractivity contribution in [3.63, 3.8) is 0 Å². The highest BCUT2D eigenvalue weighted by molar-refractivity contribution is 8.13. The topological polar surface area (TPSA) is 34.1 Å². The zero-order chi connectivity index (χ0) is 12.7. The third-order valence-corrected chi connectivity index (χ3v) is 2.91. The summed E-state index contributed by atoms with van der Waals surface area (Å²) in [6.07, 6.45) is -5.25. The Hall–Kier alpha value is -0.890. The second-order valence-corrected chi connectivity index (χ2v) is 5.26. The van der Waals surface area contributed by atoms with E-state index in [1.165, 1.54) is 0 Å². The van der Waals surface area contributed by atoms with E-state index in [0.29, 0.717) is 0 Å². The number of alkyl halides is 3. The lowest BCUT2D eigenvalue weighted by Crippen LogP contribution is -2.12. The third kappa shape index (κ3) is 2.62. The van der Waals surface area contributed by atoms with Crippen LogP contribution in [0.3, 0.4) is 0 Å². The van der Waals surface area contributed by atoms with E-state index in [1.54, 1.807) is 0 Å². The SMILES string of the molecule is O=S(=O)(Cl)c1cc(F)c(C(F)(F)F)c(F)c1. The van der Waals surface area contributed by atoms with Gasteiger partial charge in [0.2, 0.25) is 0 Å². The quantitative estimate of drug-likeness (QED) is 0.585. The molecular weight excluding hydrogens is 279 g/mol. The number of rotatable bonds is 1. The van der Waals surface area contributed by atoms with E-state index in [4.69, 9.17) is 10.7 Å². The summed E-state index contributed by atoms with van der Waals surface area (Å²) in [5.74, 6) is -4.07. The highest BCUT2D eigenvalue weighted by Crippen LogP contribution is 2.35. The van der Waals surface area contributed by atoms with Crippen LogP contribution < -0.4 is 0 Å². The van der Waals surface area contributed by atoms with Crippen LogP contribution >= 0.6 is 10.7 Å². The summed E-state index contributed by atoms with van der Waals surface area (Å²) < 4.78 is 83.2. The first-order valence-corrected chi connectivity index (χ1v) is 5.85. The Balaban J connectivity index is 3.53. The van der Waals surface area contributed by atoms with E-state index in [-0.39, 0.29) is 12.1 Å². The smallest absolute Gasteiger partial charge is 0.207 e. The molecule has 0 unspecified atom stereocenters. The molecule has 1 aromatic carbocycles. The summed E-state index contributed by atoms with van der Waals surface area (Å²) in [6, 6.07) is 0.0163. The van der Waals surface area contributed by atoms with Crippen molar-refractivity contribution in [2.75, 3.05) is 0 Å². The summed E-state index contributed by atoms with van der Waals surface area (Å²) in [5.41, 5.74) is -2.16. The van der Waals surface area contributed by atoms with Crippen molar-refractivity contribution in [1.29, 1.82) is 0 Å². The molecule has 0 saturated carbocycles. The van der Waals surface area contributed by atoms with E-state index >= 15 is 0 Å². The minimum Gasteiger partial charge on any atom is -0.207 e. The van der Waals surface area contributed by atoms with Crippen LogP contribution in [0.25, 0.3) is 0 Å². The Morgan fingerprint density at radius 1 is 1.06 bits per heavy atom. The van der Waals surface area contributed by atoms with Gasteiger partial charge >= 0.3 is 6.18 Å². The van der Waals surface area contributed by atoms with Gasteiger partial charge in [0.15, 0.2) is 0 Å². The van der Waals surface area contributed by atoms with Crippen LogP contribution in [0.2, 0.25) is 0 Å². The monoisotopic (exact) mass is 280 g/mol. The number of hydrogen-bond acceptors (Lipinski definition) is 2. The summed E-state index contributed by atoms with van der Waals surface area (Å²) in [6.45, 7) is 0. The van der Waals surface area contributed by atoms with E-state index in [1.807, 2.05) is 0 Å². The van der Waals surface area contributed by atoms with Crippen LogP contribution in [-0.4, -0.2) is 8.42 Å². The Morgan fingerprint density at radius 2 is 1.44 bits per heavy atom. The van der Waals surface area contributed by atoms with Crippen molar-refractivity contribution in [1.82, 2.24) is 0 Å². The highest BCUT2D eigenvalue weighted by atomic mass is 35.7. The van der Waals surface area contributed by atoms with Gasteiger partial charge in [0.25, 0.3) is 9.05 Å². The minimum absolute atomic E-state index is 0.00817. The third-order valence-electron chi connectivity index (χ3n) is 1.58. The van der Waals surface area contributed by atoms with Gasteiger partial charge < -0.3 is 0 Å². The summed E-state index contributed by atoms with van der Waals surface area (Å²) in [7, 11) is 0.242. The molecule has 1 rings (SSSR count). The first-order chi connectivity index (χ1) is 7.03. The molecule has 0 spiro atoms. The molecule has 0 N–H and O–H groups in total. The lowest BCUT2D eigenvalue weighted by atomic mass is 10.2. The zero-order valence-corrected chi connectivity index (χ0v) is 8.72. The molecule has 0 bridgehead atoms. The Labute approximate surface area is 91.1 Å². The van der Waals surface area contributed by atoms with Crippen LogP contribution in [-0.2, 0) is 15.2 Å². The Bertz CT molecular complexity index is 499. The zero-order valence-electron chi connectivity index (χ0n) is 7.15. The predicted octanol–water partition coefficient (Wildman–Crippen LogP) is 2.91. The second-order valence-electron chi connectivity index (χ2n) is 2.70. The van der Waals surface area contributed by atoms with E-state index in [9.17, 15) is 30.4 Å². The normalized spacial score (nSPS) is 12.9. The average molecular weight is 281 g/mol. The molecule has 0 fully saturated rings. The maximum absolute atomic E-state index is 12.9. The van der Waals surface area contributed by atoms with E-state index in [0.717, 1.165) is 0 Å². The van der Waals surface area contributed by atoms with Crippen molar-refractivity contribution < 1.29 is 30.4 Å². The molecular formula is C7H2ClF5O2S. The molecule has 0 saturated heterocycles. The van der Waals surface area contributed by atoms with Gasteiger partial charge in [-0.15, -0.1) is 0 Å². The molecule has 0 atom stereocenters. The van der Waals surface area contributed by atoms with E-state index in [2.05, 4.69) is 0 Å². The largest absolute Gasteiger partial charge is 0.422 e. The van der Waals surface area contributed by atoms with Gasteiger partial charge in [-0.05, 0) is 12.1 Å². The van der Waals surface area contributed by atoms with Crippen molar-refractivity contribution in [3.05, 3.63) is 29.3 Å². The predicted molar refractivity (Wildman–Crippen MR) is 44.4 cm³/mol. The van der Waals surface area contributed by atoms with Crippen LogP contribution in [0.5, 0.6) is 0 Å². The minimum atomic E-state index is -5.25. The van der Waals surface area contributed by atoms with Gasteiger partial charge in [-0.2, -0.15) is 13.2 Å². The van der Waals surface area contributed by atoms with Crippen LogP contribution in [0.4, 0.5) is 22.0 Å². The molecule has 0 aliphatic heterocycles. The second kappa shape index (κ2) is 3.85. The van der Waals surface area contributed by atoms with Gasteiger partial charge in [0.05, 0.1) is 4.90 Å². The van der Waals surface area contributed by atoms with Crippen LogP contribution in [0.1, 0.15) is 5.56 Å². The molecule has 9 heteroatoms. The molecule has 0 amide bonds. The number of hydrogen-bond donors (Lipinski definition) is 0. The first-order valence-electron chi connectivity index (χ1n) is 3.54. The molecule has 0 radical (unpaired) electrons. The van der Waals surface area contributed by atoms with Gasteiger partial charge in [-0.25, -0.2) is 17.2 Å². The fraction of sp³-hybridized carbons (Fsp3) is 0.143. The molecule has 0 aliphatic carbocycles. The fourth-order valence-corrected chi connectivity index (χ4v) is 1.72. The first kappa shape index (κ1) is 13.2. The van der Waals surface area contributed by atoms with Crippen LogP contribution in [0, 0.1) is 11.6 Å². The van der Waals surface area contributed by atoms with Crippen molar-refractivity contribution in [2.45, 2.75) is 11.1 Å². The van der Waals surface area contributed by atoms with Crippen molar-refractivity contribution in [3.8, 4) is 0 Å². The standard InChI is InChI=1S/C7H2ClF5O2S/c8-16(14,15)3-1-4(9)6(5(10)2-3)7(11,12)13/h1-2H. The molecule has 0 heterocycles. The molecule has 90 valence electrons. The molecule has 2 nitrogen and oxygen atoms in total. The molecule has 0 aromatic heterocycles. The summed E-state index contributed by atoms with van der Waals surface area (Å²) >= 11 is 0. The molecule has 16 heavy (non-hydrogen) atoms. The fourth-order valence-electron chi connectivity index (χ4n) is 0.961. The maximum atomic E-state index is 12.9. The molecule has 1 aromatic rings. The summed E-state index contributed by atoms with van der Waals surface area (Å²) in [4.78, 5) is -1.07. The number of halogens is 6. The maximum Gasteiger partial charge on any atom is 0.422 e. The van der Waals surface area contributed by atoms with Crippen LogP contribution in [0.15, 0.2) is 17.0 Å². The average Bonchev–Trinajstić information content (AvgIpc) is 1.97. The number of benzene rings is 1. The van der Waals surface area contributed by atoms with Gasteiger partial charge in [0, 0.05) is 10.7 Å². The highest BCUT2D eigenvalue weighted by Gasteiger charge is 2.38. The van der Waals surface area contributed by atoms with Crippen molar-refractivity contribution in [2.24, 2.45) is 0 Å². The lowest BCUT2D eigenvalue weighted by molar-refractivity contribution is -0.142. The van der Waals surface area contributed by atoms with Crippen molar-refractivity contribution >= 4 is 19.7 Å². The van der Waals surface area contributed by atoms with Gasteiger partial charge in [-0.1, -0.05) is 0 Å². The molecule has 0 aliphatic rings. The lowest BCUT2D eigenvalue weighted by Gasteiger charge is -2.09. The Morgan fingerprint density at radius 3 is 1.69 bits per heavy atom. The summed E-state index contributed by atoms with van der Waals surface area (Å²) in [5, 5.41) is 0.